The van der Waals surface area contributed by atoms with Crippen LogP contribution in [0.5, 0.6) is 0 Å². The first-order valence-electron chi connectivity index (χ1n) is 7.81. The molecule has 1 aromatic heterocycles. The van der Waals surface area contributed by atoms with E-state index >= 15 is 0 Å². The van der Waals surface area contributed by atoms with Gasteiger partial charge in [-0.15, -0.1) is 0 Å². The largest absolute Gasteiger partial charge is 0.466 e. The van der Waals surface area contributed by atoms with Gasteiger partial charge in [-0.2, -0.15) is 0 Å². The normalized spacial score (nSPS) is 10.5. The summed E-state index contributed by atoms with van der Waals surface area (Å²) in [4.78, 5) is 24.3. The highest BCUT2D eigenvalue weighted by Gasteiger charge is 2.18. The van der Waals surface area contributed by atoms with Crippen LogP contribution < -0.4 is 10.6 Å². The Hall–Kier alpha value is -2.60. The lowest BCUT2D eigenvalue weighted by molar-refractivity contribution is 0.0950. The minimum Gasteiger partial charge on any atom is -0.466 e. The molecule has 24 heavy (non-hydrogen) atoms. The van der Waals surface area contributed by atoms with Crippen molar-refractivity contribution in [2.24, 2.45) is 0 Å². The second kappa shape index (κ2) is 7.79. The number of aliphatic hydroxyl groups is 1. The Balaban J connectivity index is 2.03. The van der Waals surface area contributed by atoms with E-state index in [2.05, 4.69) is 10.6 Å². The summed E-state index contributed by atoms with van der Waals surface area (Å²) < 4.78 is 5.47. The van der Waals surface area contributed by atoms with Gasteiger partial charge in [-0.1, -0.05) is 0 Å². The molecule has 0 aliphatic heterocycles. The summed E-state index contributed by atoms with van der Waals surface area (Å²) in [6, 6.07) is 6.64. The highest BCUT2D eigenvalue weighted by molar-refractivity contribution is 6.06. The van der Waals surface area contributed by atoms with Gasteiger partial charge in [0.05, 0.1) is 5.56 Å². The zero-order valence-corrected chi connectivity index (χ0v) is 14.1. The van der Waals surface area contributed by atoms with Crippen molar-refractivity contribution in [2.45, 2.75) is 27.2 Å². The fourth-order valence-electron chi connectivity index (χ4n) is 2.41. The molecule has 0 bridgehead atoms. The lowest BCUT2D eigenvalue weighted by Gasteiger charge is -2.07. The third-order valence-corrected chi connectivity index (χ3v) is 3.81. The van der Waals surface area contributed by atoms with Crippen LogP contribution in [0.2, 0.25) is 0 Å². The van der Waals surface area contributed by atoms with Gasteiger partial charge in [-0.25, -0.2) is 0 Å². The molecule has 2 amide bonds. The van der Waals surface area contributed by atoms with Crippen LogP contribution in [0.3, 0.4) is 0 Å². The number of rotatable bonds is 6. The second-order valence-electron chi connectivity index (χ2n) is 5.58. The summed E-state index contributed by atoms with van der Waals surface area (Å²) in [5, 5.41) is 14.2. The Morgan fingerprint density at radius 1 is 1.04 bits per heavy atom. The SMILES string of the molecule is Cc1oc(C)c(C(=O)Nc2ccc(C(=O)NCCCO)cc2)c1C. The maximum atomic E-state index is 12.4. The molecule has 1 heterocycles. The van der Waals surface area contributed by atoms with E-state index in [1.54, 1.807) is 31.2 Å². The van der Waals surface area contributed by atoms with Crippen LogP contribution in [0.4, 0.5) is 5.69 Å². The molecule has 0 saturated heterocycles. The van der Waals surface area contributed by atoms with Crippen molar-refractivity contribution >= 4 is 17.5 Å². The van der Waals surface area contributed by atoms with Crippen LogP contribution in [-0.4, -0.2) is 30.1 Å². The smallest absolute Gasteiger partial charge is 0.259 e. The number of aryl methyl sites for hydroxylation is 2. The fraction of sp³-hybridized carbons (Fsp3) is 0.333. The number of hydrogen-bond donors (Lipinski definition) is 3. The number of nitrogens with one attached hydrogen (secondary N) is 2. The molecule has 0 saturated carbocycles. The van der Waals surface area contributed by atoms with E-state index < -0.39 is 0 Å². The molecule has 0 fully saturated rings. The molecular formula is C18H22N2O4. The summed E-state index contributed by atoms with van der Waals surface area (Å²) in [5.41, 5.74) is 2.46. The van der Waals surface area contributed by atoms with Crippen molar-refractivity contribution in [1.29, 1.82) is 0 Å². The van der Waals surface area contributed by atoms with Crippen molar-refractivity contribution < 1.29 is 19.1 Å². The molecule has 6 nitrogen and oxygen atoms in total. The maximum absolute atomic E-state index is 12.4. The van der Waals surface area contributed by atoms with Gasteiger partial charge in [0.2, 0.25) is 0 Å². The lowest BCUT2D eigenvalue weighted by atomic mass is 10.1. The zero-order chi connectivity index (χ0) is 17.7. The quantitative estimate of drug-likeness (QED) is 0.710. The predicted molar refractivity (Wildman–Crippen MR) is 91.4 cm³/mol. The van der Waals surface area contributed by atoms with E-state index in [1.165, 1.54) is 0 Å². The number of benzene rings is 1. The molecular weight excluding hydrogens is 308 g/mol. The Morgan fingerprint density at radius 2 is 1.71 bits per heavy atom. The van der Waals surface area contributed by atoms with Gasteiger partial charge < -0.3 is 20.2 Å². The molecule has 3 N–H and O–H groups in total. The first-order valence-corrected chi connectivity index (χ1v) is 7.81. The Bertz CT molecular complexity index is 732. The third-order valence-electron chi connectivity index (χ3n) is 3.81. The second-order valence-corrected chi connectivity index (χ2v) is 5.58. The lowest BCUT2D eigenvalue weighted by Crippen LogP contribution is -2.25. The first kappa shape index (κ1) is 17.7. The number of aliphatic hydroxyl groups excluding tert-OH is 1. The topological polar surface area (TPSA) is 91.6 Å². The zero-order valence-electron chi connectivity index (χ0n) is 14.1. The maximum Gasteiger partial charge on any atom is 0.259 e. The molecule has 6 heteroatoms. The average Bonchev–Trinajstić information content (AvgIpc) is 2.80. The number of carbonyl (C=O) groups is 2. The van der Waals surface area contributed by atoms with Crippen LogP contribution in [0.1, 0.15) is 44.2 Å². The predicted octanol–water partition coefficient (Wildman–Crippen LogP) is 2.57. The van der Waals surface area contributed by atoms with Crippen LogP contribution in [-0.2, 0) is 0 Å². The number of hydrogen-bond acceptors (Lipinski definition) is 4. The Labute approximate surface area is 140 Å². The van der Waals surface area contributed by atoms with Crippen molar-refractivity contribution in [3.8, 4) is 0 Å². The van der Waals surface area contributed by atoms with Gasteiger partial charge in [-0.05, 0) is 51.5 Å². The monoisotopic (exact) mass is 330 g/mol. The van der Waals surface area contributed by atoms with Gasteiger partial charge >= 0.3 is 0 Å². The molecule has 0 aliphatic rings. The molecule has 0 aliphatic carbocycles. The van der Waals surface area contributed by atoms with Gasteiger partial charge in [0.1, 0.15) is 11.5 Å². The minimum absolute atomic E-state index is 0.0393. The first-order chi connectivity index (χ1) is 11.4. The van der Waals surface area contributed by atoms with Gasteiger partial charge in [0, 0.05) is 30.0 Å². The molecule has 0 unspecified atom stereocenters. The number of anilines is 1. The molecule has 1 aromatic carbocycles. The number of furan rings is 1. The fourth-order valence-corrected chi connectivity index (χ4v) is 2.41. The highest BCUT2D eigenvalue weighted by Crippen LogP contribution is 2.22. The van der Waals surface area contributed by atoms with Crippen LogP contribution in [0.15, 0.2) is 28.7 Å². The van der Waals surface area contributed by atoms with Gasteiger partial charge in [0.15, 0.2) is 0 Å². The number of carbonyl (C=O) groups excluding carboxylic acids is 2. The average molecular weight is 330 g/mol. The van der Waals surface area contributed by atoms with E-state index in [0.717, 1.165) is 11.3 Å². The van der Waals surface area contributed by atoms with E-state index in [4.69, 9.17) is 9.52 Å². The Kier molecular flexibility index (Phi) is 5.76. The van der Waals surface area contributed by atoms with Crippen molar-refractivity contribution in [3.63, 3.8) is 0 Å². The molecule has 0 spiro atoms. The Morgan fingerprint density at radius 3 is 2.25 bits per heavy atom. The molecule has 2 rings (SSSR count). The van der Waals surface area contributed by atoms with Crippen molar-refractivity contribution in [2.75, 3.05) is 18.5 Å². The van der Waals surface area contributed by atoms with Gasteiger partial charge in [-0.3, -0.25) is 9.59 Å². The van der Waals surface area contributed by atoms with Crippen LogP contribution in [0, 0.1) is 20.8 Å². The summed E-state index contributed by atoms with van der Waals surface area (Å²) in [7, 11) is 0. The summed E-state index contributed by atoms with van der Waals surface area (Å²) in [6.07, 6.45) is 0.517. The summed E-state index contributed by atoms with van der Waals surface area (Å²) in [5.74, 6) is 0.871. The molecule has 0 atom stereocenters. The third kappa shape index (κ3) is 4.02. The standard InChI is InChI=1S/C18H22N2O4/c1-11-12(2)24-13(3)16(11)18(23)20-15-7-5-14(6-8-15)17(22)19-9-4-10-21/h5-8,21H,4,9-10H2,1-3H3,(H,19,22)(H,20,23). The van der Waals surface area contributed by atoms with Crippen LogP contribution in [0.25, 0.3) is 0 Å². The van der Waals surface area contributed by atoms with Crippen LogP contribution >= 0.6 is 0 Å². The molecule has 0 radical (unpaired) electrons. The minimum atomic E-state index is -0.234. The number of amides is 2. The van der Waals surface area contributed by atoms with E-state index in [1.807, 2.05) is 13.8 Å². The van der Waals surface area contributed by atoms with Crippen molar-refractivity contribution in [3.05, 3.63) is 52.5 Å². The van der Waals surface area contributed by atoms with E-state index in [9.17, 15) is 9.59 Å². The highest BCUT2D eigenvalue weighted by atomic mass is 16.3. The van der Waals surface area contributed by atoms with E-state index in [0.29, 0.717) is 35.5 Å². The molecule has 128 valence electrons. The summed E-state index contributed by atoms with van der Waals surface area (Å²) in [6.45, 7) is 5.89. The summed E-state index contributed by atoms with van der Waals surface area (Å²) >= 11 is 0. The van der Waals surface area contributed by atoms with Gasteiger partial charge in [0.25, 0.3) is 11.8 Å². The van der Waals surface area contributed by atoms with E-state index in [-0.39, 0.29) is 18.4 Å². The molecule has 2 aromatic rings. The van der Waals surface area contributed by atoms with Crippen molar-refractivity contribution in [1.82, 2.24) is 5.32 Å².